The van der Waals surface area contributed by atoms with Gasteiger partial charge in [0.05, 0.1) is 6.10 Å². The van der Waals surface area contributed by atoms with Gasteiger partial charge in [0.1, 0.15) is 0 Å². The highest BCUT2D eigenvalue weighted by molar-refractivity contribution is 5.10. The summed E-state index contributed by atoms with van der Waals surface area (Å²) in [5.41, 5.74) is 0.799. The van der Waals surface area contributed by atoms with Gasteiger partial charge in [0, 0.05) is 5.54 Å². The molecule has 0 bridgehead atoms. The van der Waals surface area contributed by atoms with Crippen LogP contribution in [0.5, 0.6) is 0 Å². The summed E-state index contributed by atoms with van der Waals surface area (Å²) in [6, 6.07) is 0. The first-order valence-corrected chi connectivity index (χ1v) is 19.3. The molecule has 0 heterocycles. The second-order valence-corrected chi connectivity index (χ2v) is 16.9. The van der Waals surface area contributed by atoms with Crippen molar-refractivity contribution < 1.29 is 5.11 Å². The van der Waals surface area contributed by atoms with Crippen molar-refractivity contribution >= 4 is 0 Å². The van der Waals surface area contributed by atoms with Crippen molar-refractivity contribution in [2.45, 2.75) is 202 Å². The molecule has 2 N–H and O–H groups in total. The third kappa shape index (κ3) is 13.1. The van der Waals surface area contributed by atoms with E-state index in [-0.39, 0.29) is 6.10 Å². The highest BCUT2D eigenvalue weighted by atomic mass is 16.3. The van der Waals surface area contributed by atoms with E-state index in [1.807, 2.05) is 0 Å². The first kappa shape index (κ1) is 38.1. The van der Waals surface area contributed by atoms with Crippen molar-refractivity contribution in [1.82, 2.24) is 5.32 Å². The molecule has 0 aromatic rings. The van der Waals surface area contributed by atoms with Crippen molar-refractivity contribution in [3.05, 3.63) is 0 Å². The number of hydrogen-bond donors (Lipinski definition) is 2. The summed E-state index contributed by atoms with van der Waals surface area (Å²) in [5, 5.41) is 15.1. The maximum Gasteiger partial charge on any atom is 0.0569 e. The molecule has 0 radical (unpaired) electrons. The van der Waals surface area contributed by atoms with Crippen LogP contribution in [0.3, 0.4) is 0 Å². The normalized spacial score (nSPS) is 38.9. The van der Waals surface area contributed by atoms with E-state index in [1.54, 1.807) is 0 Å². The molecule has 2 aliphatic carbocycles. The number of aliphatic hydroxyl groups excluding tert-OH is 1. The molecule has 0 spiro atoms. The standard InChI is InChI=1S/C40H79NO/c1-10-37-30-40(37,41-9)29-36-23-16-12-11-14-21-33(5)25-26-34(6)28-39(8,35(7)31(2)3)27-19-13-15-20-32(4)22-17-18-24-38(36)42/h31-38,41-42H,10-30H2,1-9H3/t32?,33?,34?,35?,36?,37-,38?,39?,40?/m0/s1. The van der Waals surface area contributed by atoms with Crippen LogP contribution in [-0.2, 0) is 0 Å². The Bertz CT molecular complexity index is 691. The molecule has 2 nitrogen and oxygen atoms in total. The van der Waals surface area contributed by atoms with Crippen molar-refractivity contribution in [2.75, 3.05) is 7.05 Å². The average molecular weight is 590 g/mol. The van der Waals surface area contributed by atoms with E-state index in [2.05, 4.69) is 67.8 Å². The van der Waals surface area contributed by atoms with Crippen molar-refractivity contribution in [3.8, 4) is 0 Å². The molecule has 42 heavy (non-hydrogen) atoms. The minimum absolute atomic E-state index is 0.112. The summed E-state index contributed by atoms with van der Waals surface area (Å²) in [6.45, 7) is 20.0. The zero-order chi connectivity index (χ0) is 31.2. The lowest BCUT2D eigenvalue weighted by molar-refractivity contribution is 0.0749. The van der Waals surface area contributed by atoms with E-state index in [1.165, 1.54) is 128 Å². The summed E-state index contributed by atoms with van der Waals surface area (Å²) >= 11 is 0. The van der Waals surface area contributed by atoms with Crippen LogP contribution < -0.4 is 5.32 Å². The van der Waals surface area contributed by atoms with Gasteiger partial charge in [-0.25, -0.2) is 0 Å². The van der Waals surface area contributed by atoms with Crippen molar-refractivity contribution in [2.24, 2.45) is 46.8 Å². The Morgan fingerprint density at radius 3 is 1.79 bits per heavy atom. The molecule has 0 aromatic carbocycles. The summed E-state index contributed by atoms with van der Waals surface area (Å²) in [4.78, 5) is 0. The molecule has 0 aliphatic heterocycles. The molecule has 0 amide bonds. The second kappa shape index (κ2) is 19.4. The summed E-state index contributed by atoms with van der Waals surface area (Å²) in [7, 11) is 2.16. The van der Waals surface area contributed by atoms with Crippen LogP contribution in [0.1, 0.15) is 190 Å². The van der Waals surface area contributed by atoms with Gasteiger partial charge in [-0.1, -0.05) is 152 Å². The highest BCUT2D eigenvalue weighted by Crippen LogP contribution is 2.51. The lowest BCUT2D eigenvalue weighted by atomic mass is 9.65. The molecular weight excluding hydrogens is 510 g/mol. The molecular formula is C40H79NO. The summed E-state index contributed by atoms with van der Waals surface area (Å²) in [6.07, 6.45) is 27.8. The Kier molecular flexibility index (Phi) is 17.6. The molecule has 0 saturated heterocycles. The van der Waals surface area contributed by atoms with Crippen LogP contribution in [0.15, 0.2) is 0 Å². The van der Waals surface area contributed by atoms with E-state index in [4.69, 9.17) is 0 Å². The Labute approximate surface area is 265 Å². The van der Waals surface area contributed by atoms with Gasteiger partial charge < -0.3 is 10.4 Å². The summed E-state index contributed by atoms with van der Waals surface area (Å²) in [5.74, 6) is 5.39. The van der Waals surface area contributed by atoms with Gasteiger partial charge in [-0.05, 0) is 92.4 Å². The molecule has 0 aromatic heterocycles. The lowest BCUT2D eigenvalue weighted by Gasteiger charge is -2.40. The minimum atomic E-state index is -0.112. The zero-order valence-electron chi connectivity index (χ0n) is 30.4. The van der Waals surface area contributed by atoms with Gasteiger partial charge in [-0.2, -0.15) is 0 Å². The quantitative estimate of drug-likeness (QED) is 0.323. The van der Waals surface area contributed by atoms with Crippen LogP contribution in [-0.4, -0.2) is 23.8 Å². The van der Waals surface area contributed by atoms with Gasteiger partial charge in [0.25, 0.3) is 0 Å². The first-order valence-electron chi connectivity index (χ1n) is 19.3. The van der Waals surface area contributed by atoms with E-state index < -0.39 is 0 Å². The smallest absolute Gasteiger partial charge is 0.0569 e. The van der Waals surface area contributed by atoms with Crippen LogP contribution >= 0.6 is 0 Å². The van der Waals surface area contributed by atoms with Gasteiger partial charge in [-0.3, -0.25) is 0 Å². The molecule has 8 unspecified atom stereocenters. The van der Waals surface area contributed by atoms with Crippen LogP contribution in [0, 0.1) is 46.8 Å². The molecule has 2 heteroatoms. The Hall–Kier alpha value is -0.0800. The fraction of sp³-hybridized carbons (Fsp3) is 1.00. The fourth-order valence-electron chi connectivity index (χ4n) is 9.08. The van der Waals surface area contributed by atoms with Crippen molar-refractivity contribution in [3.63, 3.8) is 0 Å². The number of aliphatic hydroxyl groups is 1. The molecule has 2 saturated carbocycles. The van der Waals surface area contributed by atoms with Gasteiger partial charge in [0.15, 0.2) is 0 Å². The van der Waals surface area contributed by atoms with Gasteiger partial charge >= 0.3 is 0 Å². The predicted octanol–water partition coefficient (Wildman–Crippen LogP) is 12.0. The Morgan fingerprint density at radius 2 is 1.21 bits per heavy atom. The number of rotatable bonds is 6. The topological polar surface area (TPSA) is 32.3 Å². The Morgan fingerprint density at radius 1 is 0.690 bits per heavy atom. The molecule has 2 rings (SSSR count). The first-order chi connectivity index (χ1) is 20.0. The van der Waals surface area contributed by atoms with E-state index in [9.17, 15) is 5.11 Å². The lowest BCUT2D eigenvalue weighted by Crippen LogP contribution is -2.36. The third-order valence-corrected chi connectivity index (χ3v) is 12.9. The zero-order valence-corrected chi connectivity index (χ0v) is 30.4. The number of nitrogens with one attached hydrogen (secondary N) is 1. The Balaban J connectivity index is 1.96. The maximum atomic E-state index is 11.4. The molecule has 9 atom stereocenters. The SMILES string of the molecule is CC[C@H]1CC1(CC1CCCCCCC(C)CCC(C)CC(C)(C(C)C(C)C)CCCCCC(C)CCCCC1O)NC. The highest BCUT2D eigenvalue weighted by Gasteiger charge is 2.52. The maximum absolute atomic E-state index is 11.4. The molecule has 2 fully saturated rings. The molecule has 250 valence electrons. The van der Waals surface area contributed by atoms with E-state index in [0.717, 1.165) is 41.9 Å². The molecule has 2 aliphatic rings. The third-order valence-electron chi connectivity index (χ3n) is 12.9. The van der Waals surface area contributed by atoms with Gasteiger partial charge in [0.2, 0.25) is 0 Å². The average Bonchev–Trinajstić information content (AvgIpc) is 3.67. The largest absolute Gasteiger partial charge is 0.393 e. The van der Waals surface area contributed by atoms with Crippen molar-refractivity contribution in [1.29, 1.82) is 0 Å². The van der Waals surface area contributed by atoms with E-state index in [0.29, 0.717) is 16.9 Å². The van der Waals surface area contributed by atoms with Crippen LogP contribution in [0.25, 0.3) is 0 Å². The predicted molar refractivity (Wildman–Crippen MR) is 187 cm³/mol. The fourth-order valence-corrected chi connectivity index (χ4v) is 9.08. The second-order valence-electron chi connectivity index (χ2n) is 16.9. The van der Waals surface area contributed by atoms with Crippen LogP contribution in [0.2, 0.25) is 0 Å². The number of hydrogen-bond acceptors (Lipinski definition) is 2. The van der Waals surface area contributed by atoms with E-state index >= 15 is 0 Å². The summed E-state index contributed by atoms with van der Waals surface area (Å²) < 4.78 is 0. The monoisotopic (exact) mass is 590 g/mol. The van der Waals surface area contributed by atoms with Crippen LogP contribution in [0.4, 0.5) is 0 Å². The minimum Gasteiger partial charge on any atom is -0.393 e. The van der Waals surface area contributed by atoms with Gasteiger partial charge in [-0.15, -0.1) is 0 Å².